The monoisotopic (exact) mass is 610 g/mol. The van der Waals surface area contributed by atoms with E-state index in [2.05, 4.69) is 10.0 Å². The molecule has 0 aliphatic carbocycles. The number of alkyl halides is 3. The summed E-state index contributed by atoms with van der Waals surface area (Å²) in [6.45, 7) is -0.403. The second kappa shape index (κ2) is 14.1. The summed E-state index contributed by atoms with van der Waals surface area (Å²) in [5, 5.41) is 2.70. The summed E-state index contributed by atoms with van der Waals surface area (Å²) in [4.78, 5) is 25.8. The van der Waals surface area contributed by atoms with Crippen molar-refractivity contribution < 1.29 is 35.9 Å². The van der Waals surface area contributed by atoms with Crippen LogP contribution in [0.4, 0.5) is 13.2 Å². The molecule has 4 rings (SSSR count). The van der Waals surface area contributed by atoms with Gasteiger partial charge in [-0.05, 0) is 53.9 Å². The number of amides is 1. The van der Waals surface area contributed by atoms with Gasteiger partial charge in [-0.2, -0.15) is 13.2 Å². The largest absolute Gasteiger partial charge is 0.462 e. The lowest BCUT2D eigenvalue weighted by molar-refractivity contribution is -0.146. The van der Waals surface area contributed by atoms with Crippen LogP contribution in [-0.4, -0.2) is 39.0 Å². The maximum Gasteiger partial charge on any atom is 0.416 e. The molecule has 0 spiro atoms. The molecule has 0 bridgehead atoms. The Morgan fingerprint density at radius 1 is 0.721 bits per heavy atom. The molecule has 1 amide bonds. The fourth-order valence-corrected chi connectivity index (χ4v) is 5.52. The van der Waals surface area contributed by atoms with Crippen LogP contribution in [0.5, 0.6) is 0 Å². The van der Waals surface area contributed by atoms with Crippen LogP contribution in [0.15, 0.2) is 120 Å². The van der Waals surface area contributed by atoms with Gasteiger partial charge in [0.1, 0.15) is 12.6 Å². The first-order valence-corrected chi connectivity index (χ1v) is 14.8. The third-order valence-corrected chi connectivity index (χ3v) is 8.01. The Hall–Kier alpha value is -4.48. The lowest BCUT2D eigenvalue weighted by atomic mass is 10.1. The Labute approximate surface area is 247 Å². The van der Waals surface area contributed by atoms with Crippen LogP contribution in [0.3, 0.4) is 0 Å². The molecule has 0 aromatic heterocycles. The number of nitrogens with one attached hydrogen (secondary N) is 2. The highest BCUT2D eigenvalue weighted by Gasteiger charge is 2.31. The van der Waals surface area contributed by atoms with Gasteiger partial charge < -0.3 is 10.1 Å². The van der Waals surface area contributed by atoms with E-state index in [1.165, 1.54) is 0 Å². The molecule has 0 aliphatic rings. The van der Waals surface area contributed by atoms with E-state index < -0.39 is 52.3 Å². The third kappa shape index (κ3) is 9.25. The molecule has 7 nitrogen and oxygen atoms in total. The number of carbonyl (C=O) groups is 2. The van der Waals surface area contributed by atoms with Crippen LogP contribution in [-0.2, 0) is 38.6 Å². The van der Waals surface area contributed by atoms with Crippen LogP contribution < -0.4 is 10.0 Å². The Morgan fingerprint density at radius 2 is 1.23 bits per heavy atom. The van der Waals surface area contributed by atoms with E-state index >= 15 is 0 Å². The number of carbonyl (C=O) groups excluding carboxylic acids is 2. The van der Waals surface area contributed by atoms with Crippen molar-refractivity contribution in [2.45, 2.75) is 36.0 Å². The smallest absolute Gasteiger partial charge is 0.416 e. The van der Waals surface area contributed by atoms with E-state index in [-0.39, 0.29) is 17.7 Å². The number of hydrogen-bond acceptors (Lipinski definition) is 5. The summed E-state index contributed by atoms with van der Waals surface area (Å²) in [6, 6.07) is 27.2. The second-order valence-corrected chi connectivity index (χ2v) is 11.5. The Morgan fingerprint density at radius 3 is 1.77 bits per heavy atom. The molecule has 0 unspecified atom stereocenters. The minimum absolute atomic E-state index is 0.119. The van der Waals surface area contributed by atoms with Gasteiger partial charge >= 0.3 is 12.1 Å². The van der Waals surface area contributed by atoms with Crippen molar-refractivity contribution in [3.05, 3.63) is 138 Å². The minimum Gasteiger partial charge on any atom is -0.462 e. The zero-order chi connectivity index (χ0) is 30.9. The number of benzene rings is 4. The Kier molecular flexibility index (Phi) is 10.3. The van der Waals surface area contributed by atoms with E-state index in [1.54, 1.807) is 84.9 Å². The fraction of sp³-hybridized carbons (Fsp3) is 0.188. The van der Waals surface area contributed by atoms with Crippen molar-refractivity contribution in [2.24, 2.45) is 0 Å². The number of rotatable bonds is 12. The van der Waals surface area contributed by atoms with Gasteiger partial charge in [-0.25, -0.2) is 17.9 Å². The predicted octanol–water partition coefficient (Wildman–Crippen LogP) is 5.18. The van der Waals surface area contributed by atoms with E-state index in [0.717, 1.165) is 23.3 Å². The lowest BCUT2D eigenvalue weighted by Crippen LogP contribution is -2.46. The molecule has 4 aromatic carbocycles. The highest BCUT2D eigenvalue weighted by Crippen LogP contribution is 2.29. The molecule has 0 fully saturated rings. The first kappa shape index (κ1) is 31.5. The maximum atomic E-state index is 13.3. The molecule has 2 atom stereocenters. The number of esters is 1. The van der Waals surface area contributed by atoms with Gasteiger partial charge in [0.15, 0.2) is 0 Å². The second-order valence-electron chi connectivity index (χ2n) is 9.74. The predicted molar refractivity (Wildman–Crippen MR) is 155 cm³/mol. The molecule has 2 N–H and O–H groups in total. The quantitative estimate of drug-likeness (QED) is 0.215. The highest BCUT2D eigenvalue weighted by molar-refractivity contribution is 7.89. The topological polar surface area (TPSA) is 102 Å². The molecule has 0 saturated heterocycles. The Bertz CT molecular complexity index is 1600. The number of sulfonamides is 1. The summed E-state index contributed by atoms with van der Waals surface area (Å²) in [7, 11) is -4.29. The zero-order valence-corrected chi connectivity index (χ0v) is 23.6. The van der Waals surface area contributed by atoms with Gasteiger partial charge in [-0.3, -0.25) is 4.79 Å². The van der Waals surface area contributed by atoms with Crippen molar-refractivity contribution in [3.8, 4) is 0 Å². The van der Waals surface area contributed by atoms with Crippen molar-refractivity contribution >= 4 is 21.9 Å². The van der Waals surface area contributed by atoms with Gasteiger partial charge in [0.2, 0.25) is 10.0 Å². The first-order chi connectivity index (χ1) is 20.5. The average molecular weight is 611 g/mol. The summed E-state index contributed by atoms with van der Waals surface area (Å²) in [5.41, 5.74) is 0.862. The molecule has 0 saturated carbocycles. The van der Waals surface area contributed by atoms with Gasteiger partial charge in [-0.1, -0.05) is 78.9 Å². The highest BCUT2D eigenvalue weighted by atomic mass is 32.2. The van der Waals surface area contributed by atoms with Crippen molar-refractivity contribution in [3.63, 3.8) is 0 Å². The van der Waals surface area contributed by atoms with Crippen LogP contribution in [0, 0.1) is 0 Å². The molecule has 11 heteroatoms. The molecule has 224 valence electrons. The van der Waals surface area contributed by atoms with Crippen LogP contribution >= 0.6 is 0 Å². The standard InChI is InChI=1S/C32H29F3N2O5S/c33-32(34,35)26-16-18-28(19-17-26)43(40,41)37-27(20-23-10-4-1-5-11-23)22-42-31(39)29(21-24-12-6-2-7-13-24)36-30(38)25-14-8-3-9-15-25/h1-19,27,29,37H,20-22H2,(H,36,38)/t27-,29+/m0/s1. The number of ether oxygens (including phenoxy) is 1. The van der Waals surface area contributed by atoms with Gasteiger partial charge in [0, 0.05) is 12.0 Å². The van der Waals surface area contributed by atoms with Crippen LogP contribution in [0.25, 0.3) is 0 Å². The summed E-state index contributed by atoms with van der Waals surface area (Å²) in [5.74, 6) is -1.26. The maximum absolute atomic E-state index is 13.3. The van der Waals surface area contributed by atoms with Crippen LogP contribution in [0.2, 0.25) is 0 Å². The van der Waals surface area contributed by atoms with E-state index in [1.807, 2.05) is 6.07 Å². The van der Waals surface area contributed by atoms with E-state index in [9.17, 15) is 31.2 Å². The molecular weight excluding hydrogens is 581 g/mol. The first-order valence-electron chi connectivity index (χ1n) is 13.3. The van der Waals surface area contributed by atoms with Gasteiger partial charge in [0.25, 0.3) is 5.91 Å². The fourth-order valence-electron chi connectivity index (χ4n) is 4.30. The Balaban J connectivity index is 1.52. The van der Waals surface area contributed by atoms with Crippen molar-refractivity contribution in [2.75, 3.05) is 6.61 Å². The summed E-state index contributed by atoms with van der Waals surface area (Å²) >= 11 is 0. The summed E-state index contributed by atoms with van der Waals surface area (Å²) in [6.07, 6.45) is -4.38. The molecule has 0 aliphatic heterocycles. The molecule has 0 radical (unpaired) electrons. The zero-order valence-electron chi connectivity index (χ0n) is 22.8. The average Bonchev–Trinajstić information content (AvgIpc) is 3.00. The molecular formula is C32H29F3N2O5S. The molecule has 4 aromatic rings. The van der Waals surface area contributed by atoms with E-state index in [0.29, 0.717) is 17.7 Å². The number of halogens is 3. The minimum atomic E-state index is -4.62. The van der Waals surface area contributed by atoms with E-state index in [4.69, 9.17) is 4.74 Å². The van der Waals surface area contributed by atoms with Crippen LogP contribution in [0.1, 0.15) is 27.0 Å². The van der Waals surface area contributed by atoms with Gasteiger partial charge in [0.05, 0.1) is 16.5 Å². The molecule has 43 heavy (non-hydrogen) atoms. The normalized spacial score (nSPS) is 13.1. The number of hydrogen-bond donors (Lipinski definition) is 2. The summed E-state index contributed by atoms with van der Waals surface area (Å²) < 4.78 is 73.2. The van der Waals surface area contributed by atoms with Crippen molar-refractivity contribution in [1.82, 2.24) is 10.0 Å². The lowest BCUT2D eigenvalue weighted by Gasteiger charge is -2.22. The molecule has 0 heterocycles. The third-order valence-electron chi connectivity index (χ3n) is 6.47. The van der Waals surface area contributed by atoms with Gasteiger partial charge in [-0.15, -0.1) is 0 Å². The SMILES string of the molecule is O=C(N[C@H](Cc1ccccc1)C(=O)OC[C@H](Cc1ccccc1)NS(=O)(=O)c1ccc(C(F)(F)F)cc1)c1ccccc1. The van der Waals surface area contributed by atoms with Crippen molar-refractivity contribution in [1.29, 1.82) is 0 Å².